The molecule has 1 aromatic rings. The third-order valence-corrected chi connectivity index (χ3v) is 9.14. The number of carbonyl (C=O) groups excluding carboxylic acids is 1. The van der Waals surface area contributed by atoms with E-state index < -0.39 is 0 Å². The van der Waals surface area contributed by atoms with Crippen molar-refractivity contribution >= 4 is 5.97 Å². The summed E-state index contributed by atoms with van der Waals surface area (Å²) in [6, 6.07) is 8.27. The van der Waals surface area contributed by atoms with Gasteiger partial charge in [-0.05, 0) is 81.9 Å². The van der Waals surface area contributed by atoms with E-state index in [2.05, 4.69) is 50.3 Å². The summed E-state index contributed by atoms with van der Waals surface area (Å²) in [6.07, 6.45) is 45.8. The van der Waals surface area contributed by atoms with E-state index in [1.807, 2.05) is 12.1 Å². The first-order valence-corrected chi connectivity index (χ1v) is 20.4. The minimum absolute atomic E-state index is 0.0572. The molecule has 0 aliphatic rings. The highest BCUT2D eigenvalue weighted by Crippen LogP contribution is 2.15. The van der Waals surface area contributed by atoms with Crippen LogP contribution in [0, 0.1) is 0 Å². The first-order chi connectivity index (χ1) is 23.3. The number of hydrogen-bond acceptors (Lipinski definition) is 3. The zero-order valence-corrected chi connectivity index (χ0v) is 31.3. The Kier molecular flexibility index (Phi) is 32.3. The van der Waals surface area contributed by atoms with Crippen molar-refractivity contribution in [2.24, 2.45) is 0 Å². The van der Waals surface area contributed by atoms with Crippen molar-refractivity contribution in [3.05, 3.63) is 54.1 Å². The van der Waals surface area contributed by atoms with E-state index >= 15 is 0 Å². The molecule has 3 nitrogen and oxygen atoms in total. The molecule has 3 heteroatoms. The van der Waals surface area contributed by atoms with E-state index in [1.54, 1.807) is 0 Å². The fourth-order valence-corrected chi connectivity index (χ4v) is 5.99. The van der Waals surface area contributed by atoms with E-state index in [9.17, 15) is 4.79 Å². The molecule has 0 bridgehead atoms. The molecule has 0 aliphatic carbocycles. The molecule has 47 heavy (non-hydrogen) atoms. The second-order valence-corrected chi connectivity index (χ2v) is 13.7. The second-order valence-electron chi connectivity index (χ2n) is 13.7. The van der Waals surface area contributed by atoms with Gasteiger partial charge in [-0.25, -0.2) is 0 Å². The van der Waals surface area contributed by atoms with Gasteiger partial charge in [-0.3, -0.25) is 4.79 Å². The topological polar surface area (TPSA) is 35.5 Å². The van der Waals surface area contributed by atoms with Crippen LogP contribution in [0.15, 0.2) is 48.6 Å². The third kappa shape index (κ3) is 31.0. The molecule has 270 valence electrons. The maximum absolute atomic E-state index is 12.1. The van der Waals surface area contributed by atoms with Crippen LogP contribution in [0.5, 0.6) is 5.75 Å². The van der Waals surface area contributed by atoms with Crippen molar-refractivity contribution in [2.75, 3.05) is 13.2 Å². The van der Waals surface area contributed by atoms with Crippen LogP contribution < -0.4 is 4.74 Å². The van der Waals surface area contributed by atoms with Crippen molar-refractivity contribution in [1.29, 1.82) is 0 Å². The van der Waals surface area contributed by atoms with Crippen molar-refractivity contribution in [3.63, 3.8) is 0 Å². The Labute approximate surface area is 292 Å². The second kappa shape index (κ2) is 35.3. The fourth-order valence-electron chi connectivity index (χ4n) is 5.99. The zero-order valence-electron chi connectivity index (χ0n) is 31.3. The Bertz CT molecular complexity index is 840. The Morgan fingerprint density at radius 1 is 0.489 bits per heavy atom. The van der Waals surface area contributed by atoms with E-state index in [1.165, 1.54) is 160 Å². The summed E-state index contributed by atoms with van der Waals surface area (Å²) in [4.78, 5) is 12.1. The third-order valence-electron chi connectivity index (χ3n) is 9.14. The molecule has 1 aromatic carbocycles. The maximum Gasteiger partial charge on any atom is 0.305 e. The van der Waals surface area contributed by atoms with Gasteiger partial charge in [-0.2, -0.15) is 0 Å². The Morgan fingerprint density at radius 2 is 0.894 bits per heavy atom. The summed E-state index contributed by atoms with van der Waals surface area (Å²) in [5.41, 5.74) is 1.18. The van der Waals surface area contributed by atoms with Crippen LogP contribution in [0.2, 0.25) is 0 Å². The molecule has 0 saturated heterocycles. The zero-order chi connectivity index (χ0) is 33.7. The molecule has 0 aliphatic heterocycles. The van der Waals surface area contributed by atoms with Gasteiger partial charge in [0, 0.05) is 12.8 Å². The number of allylic oxidation sites excluding steroid dienone is 4. The van der Waals surface area contributed by atoms with E-state index in [0.29, 0.717) is 13.0 Å². The van der Waals surface area contributed by atoms with Crippen LogP contribution in [0.3, 0.4) is 0 Å². The van der Waals surface area contributed by atoms with Crippen molar-refractivity contribution in [1.82, 2.24) is 0 Å². The molecule has 0 unspecified atom stereocenters. The van der Waals surface area contributed by atoms with Gasteiger partial charge in [0.2, 0.25) is 0 Å². The highest BCUT2D eigenvalue weighted by Gasteiger charge is 2.04. The summed E-state index contributed by atoms with van der Waals surface area (Å²) in [5, 5.41) is 0. The normalized spacial score (nSPS) is 11.6. The lowest BCUT2D eigenvalue weighted by Gasteiger charge is -2.08. The number of esters is 1. The standard InChI is InChI=1S/C44H76O3/c1-3-5-7-9-11-13-15-17-19-21-23-25-27-29-31-33-40-46-43-37-35-42(36-38-43)39-41-47-44(45)34-32-30-28-26-24-22-20-18-16-14-12-10-8-6-4-2/h17-20,35-38H,3-16,21-34,39-41H2,1-2H3. The Hall–Kier alpha value is -2.03. The molecule has 0 amide bonds. The average molecular weight is 653 g/mol. The molecule has 1 rings (SSSR count). The van der Waals surface area contributed by atoms with Crippen LogP contribution in [0.25, 0.3) is 0 Å². The highest BCUT2D eigenvalue weighted by molar-refractivity contribution is 5.69. The van der Waals surface area contributed by atoms with Gasteiger partial charge in [-0.1, -0.05) is 159 Å². The molecule has 0 spiro atoms. The van der Waals surface area contributed by atoms with E-state index in [0.717, 1.165) is 38.0 Å². The number of hydrogen-bond donors (Lipinski definition) is 0. The smallest absolute Gasteiger partial charge is 0.305 e. The highest BCUT2D eigenvalue weighted by atomic mass is 16.5. The average Bonchev–Trinajstić information content (AvgIpc) is 3.08. The number of carbonyl (C=O) groups is 1. The summed E-state index contributed by atoms with van der Waals surface area (Å²) < 4.78 is 11.4. The number of rotatable bonds is 35. The minimum Gasteiger partial charge on any atom is -0.494 e. The van der Waals surface area contributed by atoms with Gasteiger partial charge < -0.3 is 9.47 Å². The number of unbranched alkanes of at least 4 members (excludes halogenated alkanes) is 23. The monoisotopic (exact) mass is 653 g/mol. The van der Waals surface area contributed by atoms with Gasteiger partial charge >= 0.3 is 5.97 Å². The summed E-state index contributed by atoms with van der Waals surface area (Å²) in [6.45, 7) is 5.80. The molecule has 0 atom stereocenters. The SMILES string of the molecule is CCCCCCCCC=CCCCCCCCCOc1ccc(CCOC(=O)CCCCCCCC=CCCCCCCCC)cc1. The predicted molar refractivity (Wildman–Crippen MR) is 206 cm³/mol. The van der Waals surface area contributed by atoms with Crippen LogP contribution in [-0.2, 0) is 16.0 Å². The van der Waals surface area contributed by atoms with Gasteiger partial charge in [0.1, 0.15) is 5.75 Å². The van der Waals surface area contributed by atoms with Crippen LogP contribution in [0.1, 0.15) is 199 Å². The van der Waals surface area contributed by atoms with Gasteiger partial charge in [0.05, 0.1) is 13.2 Å². The van der Waals surface area contributed by atoms with Gasteiger partial charge in [0.15, 0.2) is 0 Å². The van der Waals surface area contributed by atoms with Gasteiger partial charge in [0.25, 0.3) is 0 Å². The molecule has 0 radical (unpaired) electrons. The predicted octanol–water partition coefficient (Wildman–Crippen LogP) is 14.2. The first kappa shape index (κ1) is 43.0. The van der Waals surface area contributed by atoms with Crippen molar-refractivity contribution < 1.29 is 14.3 Å². The van der Waals surface area contributed by atoms with Crippen molar-refractivity contribution in [2.45, 2.75) is 200 Å². The van der Waals surface area contributed by atoms with E-state index in [-0.39, 0.29) is 5.97 Å². The van der Waals surface area contributed by atoms with Crippen LogP contribution >= 0.6 is 0 Å². The molecule has 0 fully saturated rings. The summed E-state index contributed by atoms with van der Waals surface area (Å²) in [7, 11) is 0. The van der Waals surface area contributed by atoms with E-state index in [4.69, 9.17) is 9.47 Å². The number of benzene rings is 1. The largest absolute Gasteiger partial charge is 0.494 e. The Morgan fingerprint density at radius 3 is 1.36 bits per heavy atom. The Balaban J connectivity index is 1.88. The lowest BCUT2D eigenvalue weighted by molar-refractivity contribution is -0.143. The quantitative estimate of drug-likeness (QED) is 0.0416. The van der Waals surface area contributed by atoms with Crippen molar-refractivity contribution in [3.8, 4) is 5.75 Å². The molecule has 0 saturated carbocycles. The van der Waals surface area contributed by atoms with Gasteiger partial charge in [-0.15, -0.1) is 0 Å². The molecule has 0 heterocycles. The lowest BCUT2D eigenvalue weighted by atomic mass is 10.1. The van der Waals surface area contributed by atoms with Crippen LogP contribution in [0.4, 0.5) is 0 Å². The molecule has 0 N–H and O–H groups in total. The fraction of sp³-hybridized carbons (Fsp3) is 0.750. The maximum atomic E-state index is 12.1. The molecular weight excluding hydrogens is 576 g/mol. The first-order valence-electron chi connectivity index (χ1n) is 20.4. The van der Waals surface area contributed by atoms with Crippen LogP contribution in [-0.4, -0.2) is 19.2 Å². The molecule has 0 aromatic heterocycles. The minimum atomic E-state index is -0.0572. The summed E-state index contributed by atoms with van der Waals surface area (Å²) >= 11 is 0. The summed E-state index contributed by atoms with van der Waals surface area (Å²) in [5.74, 6) is 0.876. The molecular formula is C44H76O3. The number of ether oxygens (including phenoxy) is 2. The lowest BCUT2D eigenvalue weighted by Crippen LogP contribution is -2.07.